The minimum Gasteiger partial charge on any atom is -0.497 e. The summed E-state index contributed by atoms with van der Waals surface area (Å²) in [7, 11) is 3.46. The first kappa shape index (κ1) is 30.5. The molecule has 0 saturated carbocycles. The largest absolute Gasteiger partial charge is 0.497 e. The summed E-state index contributed by atoms with van der Waals surface area (Å²) >= 11 is 0. The van der Waals surface area contributed by atoms with Crippen LogP contribution in [0, 0.1) is 5.92 Å². The van der Waals surface area contributed by atoms with Crippen molar-refractivity contribution < 1.29 is 19.1 Å². The van der Waals surface area contributed by atoms with Crippen LogP contribution in [0.1, 0.15) is 57.1 Å². The van der Waals surface area contributed by atoms with Crippen LogP contribution in [-0.2, 0) is 34.4 Å². The van der Waals surface area contributed by atoms with E-state index in [1.54, 1.807) is 16.7 Å². The van der Waals surface area contributed by atoms with Gasteiger partial charge in [0.15, 0.2) is 0 Å². The van der Waals surface area contributed by atoms with Gasteiger partial charge in [0, 0.05) is 38.6 Å². The number of amides is 3. The molecule has 2 saturated heterocycles. The number of hydrogen-bond donors (Lipinski definition) is 2. The van der Waals surface area contributed by atoms with Crippen LogP contribution in [0.2, 0.25) is 0 Å². The van der Waals surface area contributed by atoms with Gasteiger partial charge in [-0.15, -0.1) is 5.10 Å². The lowest BCUT2D eigenvalue weighted by Gasteiger charge is -2.28. The second-order valence-electron chi connectivity index (χ2n) is 12.1. The number of methoxy groups -OCH3 is 1. The number of nitrogens with zero attached hydrogens (tertiary/aromatic N) is 5. The van der Waals surface area contributed by atoms with E-state index in [4.69, 9.17) is 10.5 Å². The highest BCUT2D eigenvalue weighted by Gasteiger charge is 2.41. The van der Waals surface area contributed by atoms with E-state index in [0.717, 1.165) is 47.2 Å². The van der Waals surface area contributed by atoms with Crippen molar-refractivity contribution in [2.75, 3.05) is 13.7 Å². The van der Waals surface area contributed by atoms with Crippen molar-refractivity contribution in [1.82, 2.24) is 30.1 Å². The number of likely N-dealkylation sites (tertiary alicyclic amines) is 2. The number of nitrogens with one attached hydrogen (secondary N) is 1. The molecule has 5 atom stereocenters. The molecule has 11 nitrogen and oxygen atoms in total. The fourth-order valence-electron chi connectivity index (χ4n) is 6.59. The number of nitrogens with two attached hydrogens (primary N) is 1. The summed E-state index contributed by atoms with van der Waals surface area (Å²) in [5.41, 5.74) is 10.1. The highest BCUT2D eigenvalue weighted by molar-refractivity contribution is 5.91. The molecule has 0 spiro atoms. The molecule has 0 radical (unpaired) electrons. The van der Waals surface area contributed by atoms with Gasteiger partial charge in [-0.3, -0.25) is 14.4 Å². The Morgan fingerprint density at radius 1 is 1.07 bits per heavy atom. The van der Waals surface area contributed by atoms with Crippen LogP contribution in [0.25, 0.3) is 11.0 Å². The van der Waals surface area contributed by atoms with E-state index in [1.807, 2.05) is 54.4 Å². The first-order valence-electron chi connectivity index (χ1n) is 15.2. The number of ether oxygens (including phenoxy) is 1. The molecule has 230 valence electrons. The van der Waals surface area contributed by atoms with Crippen molar-refractivity contribution in [3.8, 4) is 5.75 Å². The highest BCUT2D eigenvalue weighted by atomic mass is 16.5. The average molecular weight is 590 g/mol. The molecule has 2 aromatic carbocycles. The third-order valence-corrected chi connectivity index (χ3v) is 9.03. The predicted molar refractivity (Wildman–Crippen MR) is 163 cm³/mol. The number of hydrogen-bond acceptors (Lipinski definition) is 7. The number of fused-ring (bicyclic) bond motifs is 1. The summed E-state index contributed by atoms with van der Waals surface area (Å²) < 4.78 is 6.98. The SMILES string of the molecule is COc1ccc(CC2CC(C(=O)NCc3ccc4c(c3)nnn4C)N(C(=O)C(N)CCC(=O)N3C(C)CCC3C)C2)cc1. The molecular weight excluding hydrogens is 546 g/mol. The number of aryl methyl sites for hydroxylation is 1. The maximum Gasteiger partial charge on any atom is 0.243 e. The third-order valence-electron chi connectivity index (χ3n) is 9.03. The van der Waals surface area contributed by atoms with Gasteiger partial charge in [-0.05, 0) is 87.3 Å². The van der Waals surface area contributed by atoms with Gasteiger partial charge < -0.3 is 25.6 Å². The lowest BCUT2D eigenvalue weighted by Crippen LogP contribution is -2.51. The van der Waals surface area contributed by atoms with Gasteiger partial charge in [0.1, 0.15) is 17.3 Å². The minimum absolute atomic E-state index is 0.0360. The van der Waals surface area contributed by atoms with E-state index in [0.29, 0.717) is 19.5 Å². The summed E-state index contributed by atoms with van der Waals surface area (Å²) in [6, 6.07) is 12.5. The van der Waals surface area contributed by atoms with Gasteiger partial charge in [0.05, 0.1) is 18.7 Å². The van der Waals surface area contributed by atoms with Crippen molar-refractivity contribution in [3.05, 3.63) is 53.6 Å². The molecule has 3 aromatic rings. The van der Waals surface area contributed by atoms with Crippen LogP contribution in [0.15, 0.2) is 42.5 Å². The predicted octanol–water partition coefficient (Wildman–Crippen LogP) is 2.56. The van der Waals surface area contributed by atoms with Gasteiger partial charge in [-0.25, -0.2) is 4.68 Å². The molecule has 0 bridgehead atoms. The van der Waals surface area contributed by atoms with Crippen LogP contribution in [0.5, 0.6) is 5.75 Å². The zero-order valence-corrected chi connectivity index (χ0v) is 25.5. The lowest BCUT2D eigenvalue weighted by atomic mass is 9.96. The van der Waals surface area contributed by atoms with E-state index in [1.165, 1.54) is 0 Å². The van der Waals surface area contributed by atoms with E-state index in [2.05, 4.69) is 29.5 Å². The van der Waals surface area contributed by atoms with Crippen molar-refractivity contribution in [2.45, 2.75) is 83.1 Å². The average Bonchev–Trinajstić information content (AvgIpc) is 3.70. The van der Waals surface area contributed by atoms with Crippen molar-refractivity contribution in [2.24, 2.45) is 18.7 Å². The van der Waals surface area contributed by atoms with E-state index >= 15 is 0 Å². The normalized spacial score (nSPS) is 22.6. The molecule has 5 rings (SSSR count). The number of rotatable bonds is 10. The van der Waals surface area contributed by atoms with Crippen LogP contribution in [-0.4, -0.2) is 80.3 Å². The first-order valence-corrected chi connectivity index (χ1v) is 15.2. The molecule has 3 amide bonds. The number of carbonyl (C=O) groups is 3. The molecule has 43 heavy (non-hydrogen) atoms. The topological polar surface area (TPSA) is 136 Å². The van der Waals surface area contributed by atoms with Gasteiger partial charge in [-0.2, -0.15) is 0 Å². The number of aromatic nitrogens is 3. The Morgan fingerprint density at radius 3 is 2.47 bits per heavy atom. The molecule has 11 heteroatoms. The summed E-state index contributed by atoms with van der Waals surface area (Å²) in [4.78, 5) is 43.8. The zero-order chi connectivity index (χ0) is 30.7. The van der Waals surface area contributed by atoms with E-state index in [-0.39, 0.29) is 48.6 Å². The Balaban J connectivity index is 1.25. The second-order valence-corrected chi connectivity index (χ2v) is 12.1. The minimum atomic E-state index is -0.855. The summed E-state index contributed by atoms with van der Waals surface area (Å²) in [6.45, 7) is 4.86. The maximum absolute atomic E-state index is 13.7. The fraction of sp³-hybridized carbons (Fsp3) is 0.531. The Bertz CT molecular complexity index is 1450. The van der Waals surface area contributed by atoms with Crippen LogP contribution < -0.4 is 15.8 Å². The summed E-state index contributed by atoms with van der Waals surface area (Å²) in [5.74, 6) is 0.404. The van der Waals surface area contributed by atoms with E-state index in [9.17, 15) is 14.4 Å². The fourth-order valence-corrected chi connectivity index (χ4v) is 6.59. The molecule has 2 aliphatic heterocycles. The van der Waals surface area contributed by atoms with Gasteiger partial charge in [0.25, 0.3) is 0 Å². The Morgan fingerprint density at radius 2 is 1.77 bits per heavy atom. The molecular formula is C32H43N7O4. The lowest BCUT2D eigenvalue weighted by molar-refractivity contribution is -0.140. The Kier molecular flexibility index (Phi) is 9.29. The van der Waals surface area contributed by atoms with Gasteiger partial charge in [0.2, 0.25) is 17.7 Å². The van der Waals surface area contributed by atoms with Gasteiger partial charge in [-0.1, -0.05) is 23.4 Å². The van der Waals surface area contributed by atoms with Crippen molar-refractivity contribution >= 4 is 28.8 Å². The van der Waals surface area contributed by atoms with Crippen LogP contribution >= 0.6 is 0 Å². The van der Waals surface area contributed by atoms with E-state index < -0.39 is 12.1 Å². The molecule has 1 aromatic heterocycles. The first-order chi connectivity index (χ1) is 20.6. The Labute approximate surface area is 252 Å². The Hall–Kier alpha value is -3.99. The monoisotopic (exact) mass is 589 g/mol. The van der Waals surface area contributed by atoms with Crippen LogP contribution in [0.3, 0.4) is 0 Å². The van der Waals surface area contributed by atoms with Gasteiger partial charge >= 0.3 is 0 Å². The molecule has 3 heterocycles. The molecule has 0 aliphatic carbocycles. The molecule has 5 unspecified atom stereocenters. The van der Waals surface area contributed by atoms with Crippen molar-refractivity contribution in [3.63, 3.8) is 0 Å². The van der Waals surface area contributed by atoms with Crippen LogP contribution in [0.4, 0.5) is 0 Å². The van der Waals surface area contributed by atoms with Crippen molar-refractivity contribution in [1.29, 1.82) is 0 Å². The number of carbonyl (C=O) groups excluding carboxylic acids is 3. The molecule has 2 aliphatic rings. The summed E-state index contributed by atoms with van der Waals surface area (Å²) in [5, 5.41) is 11.2. The maximum atomic E-state index is 13.7. The second kappa shape index (κ2) is 13.1. The third kappa shape index (κ3) is 6.82. The molecule has 2 fully saturated rings. The number of benzene rings is 2. The smallest absolute Gasteiger partial charge is 0.243 e. The molecule has 3 N–H and O–H groups in total. The zero-order valence-electron chi connectivity index (χ0n) is 25.5. The quantitative estimate of drug-likeness (QED) is 0.371. The summed E-state index contributed by atoms with van der Waals surface area (Å²) in [6.07, 6.45) is 3.70. The highest BCUT2D eigenvalue weighted by Crippen LogP contribution is 2.29. The standard InChI is InChI=1S/C32H43N7O4/c1-20-5-6-21(2)39(20)30(40)14-12-26(33)32(42)38-19-24(15-22-7-10-25(43-4)11-8-22)17-29(38)31(41)34-18-23-9-13-28-27(16-23)35-36-37(28)3/h7-11,13,16,20-21,24,26,29H,5-6,12,14-15,17-19,33H2,1-4H3,(H,34,41).